The van der Waals surface area contributed by atoms with E-state index < -0.39 is 0 Å². The molecule has 1 aromatic heterocycles. The lowest BCUT2D eigenvalue weighted by molar-refractivity contribution is 0.208. The maximum Gasteiger partial charge on any atom is 0.0573 e. The van der Waals surface area contributed by atoms with E-state index in [4.69, 9.17) is 0 Å². The van der Waals surface area contributed by atoms with Crippen molar-refractivity contribution in [3.8, 4) is 0 Å². The second-order valence-corrected chi connectivity index (χ2v) is 5.75. The zero-order valence-electron chi connectivity index (χ0n) is 11.4. The second kappa shape index (κ2) is 4.98. The minimum Gasteiger partial charge on any atom is -0.316 e. The van der Waals surface area contributed by atoms with E-state index in [2.05, 4.69) is 35.1 Å². The highest BCUT2D eigenvalue weighted by Crippen LogP contribution is 2.35. The first-order chi connectivity index (χ1) is 8.79. The zero-order valence-corrected chi connectivity index (χ0v) is 11.4. The summed E-state index contributed by atoms with van der Waals surface area (Å²) >= 11 is 0. The van der Waals surface area contributed by atoms with Gasteiger partial charge >= 0.3 is 0 Å². The minimum absolute atomic E-state index is 0.742. The van der Waals surface area contributed by atoms with Crippen LogP contribution in [0.5, 0.6) is 0 Å². The molecule has 3 nitrogen and oxygen atoms in total. The summed E-state index contributed by atoms with van der Waals surface area (Å²) in [6.07, 6.45) is 3.18. The molecule has 3 heteroatoms. The van der Waals surface area contributed by atoms with Gasteiger partial charge in [0.1, 0.15) is 0 Å². The molecule has 3 rings (SSSR count). The second-order valence-electron chi connectivity index (χ2n) is 5.75. The van der Waals surface area contributed by atoms with Gasteiger partial charge in [0.2, 0.25) is 0 Å². The number of nitrogens with one attached hydrogen (secondary N) is 1. The predicted octanol–water partition coefficient (Wildman–Crippen LogP) is 1.82. The van der Waals surface area contributed by atoms with Gasteiger partial charge in [0.25, 0.3) is 0 Å². The minimum atomic E-state index is 0.742. The number of hydrogen-bond acceptors (Lipinski definition) is 3. The van der Waals surface area contributed by atoms with Crippen molar-refractivity contribution in [2.24, 2.45) is 11.8 Å². The fraction of sp³-hybridized carbons (Fsp3) is 0.667. The van der Waals surface area contributed by atoms with Crippen molar-refractivity contribution in [3.63, 3.8) is 0 Å². The predicted molar refractivity (Wildman–Crippen MR) is 73.3 cm³/mol. The summed E-state index contributed by atoms with van der Waals surface area (Å²) < 4.78 is 0. The van der Waals surface area contributed by atoms with Gasteiger partial charge in [-0.1, -0.05) is 13.0 Å². The summed E-state index contributed by atoms with van der Waals surface area (Å²) in [5.74, 6) is 1.72. The van der Waals surface area contributed by atoms with Crippen LogP contribution in [0.15, 0.2) is 18.3 Å². The summed E-state index contributed by atoms with van der Waals surface area (Å²) in [6, 6.07) is 4.94. The third-order valence-electron chi connectivity index (χ3n) is 4.71. The monoisotopic (exact) mass is 245 g/mol. The number of pyridine rings is 1. The van der Waals surface area contributed by atoms with Gasteiger partial charge < -0.3 is 5.32 Å². The standard InChI is InChI=1S/C15H23N3/c1-3-15-13-8-16-7-12(13)9-18(15)10-14-11(2)5-4-6-17-14/h4-6,12-13,15-16H,3,7-10H2,1-2H3. The van der Waals surface area contributed by atoms with E-state index >= 15 is 0 Å². The number of rotatable bonds is 3. The molecule has 1 N–H and O–H groups in total. The van der Waals surface area contributed by atoms with E-state index in [1.165, 1.54) is 37.3 Å². The van der Waals surface area contributed by atoms with Crippen molar-refractivity contribution in [2.75, 3.05) is 19.6 Å². The van der Waals surface area contributed by atoms with E-state index in [0.717, 1.165) is 24.4 Å². The largest absolute Gasteiger partial charge is 0.316 e. The van der Waals surface area contributed by atoms with Crippen LogP contribution in [0, 0.1) is 18.8 Å². The molecule has 0 radical (unpaired) electrons. The van der Waals surface area contributed by atoms with Crippen molar-refractivity contribution in [1.82, 2.24) is 15.2 Å². The van der Waals surface area contributed by atoms with E-state index in [1.807, 2.05) is 12.3 Å². The van der Waals surface area contributed by atoms with Crippen molar-refractivity contribution in [2.45, 2.75) is 32.9 Å². The number of nitrogens with zero attached hydrogens (tertiary/aromatic N) is 2. The first-order valence-electron chi connectivity index (χ1n) is 7.15. The van der Waals surface area contributed by atoms with Crippen LogP contribution in [0.25, 0.3) is 0 Å². The molecule has 2 aliphatic rings. The molecular formula is C15H23N3. The van der Waals surface area contributed by atoms with Crippen LogP contribution in [-0.2, 0) is 6.54 Å². The normalized spacial score (nSPS) is 31.8. The Labute approximate surface area is 110 Å². The van der Waals surface area contributed by atoms with Gasteiger partial charge in [-0.2, -0.15) is 0 Å². The molecule has 3 heterocycles. The Bertz CT molecular complexity index is 418. The summed E-state index contributed by atoms with van der Waals surface area (Å²) in [6.45, 7) is 9.18. The maximum absolute atomic E-state index is 4.55. The van der Waals surface area contributed by atoms with Gasteiger partial charge in [0, 0.05) is 25.3 Å². The lowest BCUT2D eigenvalue weighted by Gasteiger charge is -2.26. The lowest BCUT2D eigenvalue weighted by Crippen LogP contribution is -2.35. The Morgan fingerprint density at radius 2 is 2.33 bits per heavy atom. The molecule has 0 bridgehead atoms. The number of likely N-dealkylation sites (tertiary alicyclic amines) is 1. The smallest absolute Gasteiger partial charge is 0.0573 e. The van der Waals surface area contributed by atoms with Gasteiger partial charge in [-0.3, -0.25) is 9.88 Å². The van der Waals surface area contributed by atoms with Gasteiger partial charge in [-0.05, 0) is 49.9 Å². The van der Waals surface area contributed by atoms with E-state index in [0.29, 0.717) is 0 Å². The summed E-state index contributed by atoms with van der Waals surface area (Å²) in [4.78, 5) is 7.21. The quantitative estimate of drug-likeness (QED) is 0.880. The van der Waals surface area contributed by atoms with Crippen LogP contribution >= 0.6 is 0 Å². The molecule has 2 fully saturated rings. The first-order valence-corrected chi connectivity index (χ1v) is 7.15. The maximum atomic E-state index is 4.55. The topological polar surface area (TPSA) is 28.2 Å². The van der Waals surface area contributed by atoms with E-state index in [1.54, 1.807) is 0 Å². The third kappa shape index (κ3) is 2.06. The van der Waals surface area contributed by atoms with Crippen molar-refractivity contribution in [1.29, 1.82) is 0 Å². The van der Waals surface area contributed by atoms with Gasteiger partial charge in [0.05, 0.1) is 5.69 Å². The van der Waals surface area contributed by atoms with Crippen LogP contribution in [0.4, 0.5) is 0 Å². The SMILES string of the molecule is CCC1C2CNCC2CN1Cc1ncccc1C. The average molecular weight is 245 g/mol. The summed E-state index contributed by atoms with van der Waals surface area (Å²) in [7, 11) is 0. The van der Waals surface area contributed by atoms with Crippen molar-refractivity contribution >= 4 is 0 Å². The van der Waals surface area contributed by atoms with Crippen LogP contribution in [-0.4, -0.2) is 35.6 Å². The molecular weight excluding hydrogens is 222 g/mol. The summed E-state index contributed by atoms with van der Waals surface area (Å²) in [5.41, 5.74) is 2.58. The third-order valence-corrected chi connectivity index (χ3v) is 4.71. The molecule has 2 aliphatic heterocycles. The Hall–Kier alpha value is -0.930. The number of fused-ring (bicyclic) bond motifs is 1. The van der Waals surface area contributed by atoms with Crippen LogP contribution in [0.2, 0.25) is 0 Å². The molecule has 18 heavy (non-hydrogen) atoms. The van der Waals surface area contributed by atoms with Gasteiger partial charge in [-0.15, -0.1) is 0 Å². The number of aromatic nitrogens is 1. The molecule has 0 aliphatic carbocycles. The van der Waals surface area contributed by atoms with Crippen LogP contribution in [0.1, 0.15) is 24.6 Å². The Morgan fingerprint density at radius 1 is 1.44 bits per heavy atom. The molecule has 98 valence electrons. The molecule has 3 atom stereocenters. The average Bonchev–Trinajstić information content (AvgIpc) is 2.92. The highest BCUT2D eigenvalue weighted by Gasteiger charge is 2.42. The molecule has 0 amide bonds. The molecule has 0 aromatic carbocycles. The van der Waals surface area contributed by atoms with Gasteiger partial charge in [0.15, 0.2) is 0 Å². The number of aryl methyl sites for hydroxylation is 1. The van der Waals surface area contributed by atoms with Crippen LogP contribution in [0.3, 0.4) is 0 Å². The highest BCUT2D eigenvalue weighted by atomic mass is 15.2. The van der Waals surface area contributed by atoms with Crippen molar-refractivity contribution in [3.05, 3.63) is 29.6 Å². The van der Waals surface area contributed by atoms with Gasteiger partial charge in [-0.25, -0.2) is 0 Å². The Morgan fingerprint density at radius 3 is 3.11 bits per heavy atom. The van der Waals surface area contributed by atoms with Crippen molar-refractivity contribution < 1.29 is 0 Å². The Kier molecular flexibility index (Phi) is 3.35. The molecule has 0 spiro atoms. The molecule has 1 aromatic rings. The molecule has 0 saturated carbocycles. The van der Waals surface area contributed by atoms with Crippen LogP contribution < -0.4 is 5.32 Å². The fourth-order valence-electron chi connectivity index (χ4n) is 3.73. The summed E-state index contributed by atoms with van der Waals surface area (Å²) in [5, 5.41) is 3.54. The first kappa shape index (κ1) is 12.1. The lowest BCUT2D eigenvalue weighted by atomic mass is 9.93. The van der Waals surface area contributed by atoms with E-state index in [9.17, 15) is 0 Å². The Balaban J connectivity index is 1.75. The molecule has 3 unspecified atom stereocenters. The molecule has 2 saturated heterocycles. The number of hydrogen-bond donors (Lipinski definition) is 1. The highest BCUT2D eigenvalue weighted by molar-refractivity contribution is 5.18. The zero-order chi connectivity index (χ0) is 12.5. The fourth-order valence-corrected chi connectivity index (χ4v) is 3.73. The van der Waals surface area contributed by atoms with E-state index in [-0.39, 0.29) is 0 Å².